The molecule has 1 unspecified atom stereocenters. The van der Waals surface area contributed by atoms with Gasteiger partial charge in [-0.2, -0.15) is 0 Å². The molecule has 0 aromatic heterocycles. The number of rotatable bonds is 10. The molecule has 194 valence electrons. The molecule has 7 nitrogen and oxygen atoms in total. The van der Waals surface area contributed by atoms with Crippen LogP contribution in [0.1, 0.15) is 46.1 Å². The quantitative estimate of drug-likeness (QED) is 0.438. The SMILES string of the molecule is CCc1ccc(N(CC(C)C)S(=O)(=O)c2ccc(NCC3(C)CCOCC3)c(S(C)(=N)=O)c2)cc1. The predicted molar refractivity (Wildman–Crippen MR) is 143 cm³/mol. The molecule has 1 fully saturated rings. The lowest BCUT2D eigenvalue weighted by atomic mass is 9.82. The van der Waals surface area contributed by atoms with E-state index in [0.29, 0.717) is 37.7 Å². The van der Waals surface area contributed by atoms with Gasteiger partial charge in [0.1, 0.15) is 0 Å². The van der Waals surface area contributed by atoms with Gasteiger partial charge in [-0.15, -0.1) is 0 Å². The smallest absolute Gasteiger partial charge is 0.264 e. The third-order valence-electron chi connectivity index (χ3n) is 6.53. The van der Waals surface area contributed by atoms with Crippen LogP contribution in [0.5, 0.6) is 0 Å². The number of ether oxygens (including phenoxy) is 1. The molecular weight excluding hydrogens is 482 g/mol. The zero-order valence-electron chi connectivity index (χ0n) is 21.5. The summed E-state index contributed by atoms with van der Waals surface area (Å²) in [6, 6.07) is 12.2. The summed E-state index contributed by atoms with van der Waals surface area (Å²) < 4.78 is 55.7. The minimum atomic E-state index is -3.94. The predicted octanol–water partition coefficient (Wildman–Crippen LogP) is 5.36. The van der Waals surface area contributed by atoms with E-state index in [1.807, 2.05) is 38.1 Å². The Morgan fingerprint density at radius 2 is 1.71 bits per heavy atom. The van der Waals surface area contributed by atoms with Crippen LogP contribution in [0.15, 0.2) is 52.3 Å². The van der Waals surface area contributed by atoms with Crippen molar-refractivity contribution >= 4 is 31.1 Å². The average molecular weight is 522 g/mol. The van der Waals surface area contributed by atoms with Crippen molar-refractivity contribution in [2.75, 3.05) is 42.2 Å². The molecule has 1 aliphatic rings. The number of aryl methyl sites for hydroxylation is 1. The highest BCUT2D eigenvalue weighted by atomic mass is 32.2. The Labute approximate surface area is 211 Å². The Morgan fingerprint density at radius 1 is 1.09 bits per heavy atom. The molecule has 3 rings (SSSR count). The standard InChI is InChI=1S/C26H39N3O4S2/c1-6-21-7-9-22(10-8-21)29(18-20(2)3)35(31,32)23-11-12-24(25(17-23)34(5,27)30)28-19-26(4)13-15-33-16-14-26/h7-12,17,20,27-28H,6,13-16,18-19H2,1-5H3. The summed E-state index contributed by atoms with van der Waals surface area (Å²) in [7, 11) is -7.12. The molecule has 9 heteroatoms. The van der Waals surface area contributed by atoms with E-state index in [1.54, 1.807) is 12.1 Å². The van der Waals surface area contributed by atoms with Crippen LogP contribution >= 0.6 is 0 Å². The molecule has 0 amide bonds. The molecule has 0 saturated carbocycles. The van der Waals surface area contributed by atoms with Crippen molar-refractivity contribution in [1.29, 1.82) is 4.78 Å². The number of benzene rings is 2. The van der Waals surface area contributed by atoms with E-state index in [4.69, 9.17) is 9.52 Å². The molecule has 35 heavy (non-hydrogen) atoms. The minimum absolute atomic E-state index is 0.0234. The van der Waals surface area contributed by atoms with Gasteiger partial charge in [0.15, 0.2) is 0 Å². The molecule has 0 bridgehead atoms. The maximum Gasteiger partial charge on any atom is 0.264 e. The summed E-state index contributed by atoms with van der Waals surface area (Å²) in [6.45, 7) is 10.5. The van der Waals surface area contributed by atoms with Crippen molar-refractivity contribution in [3.63, 3.8) is 0 Å². The van der Waals surface area contributed by atoms with E-state index in [2.05, 4.69) is 19.2 Å². The maximum atomic E-state index is 13.8. The van der Waals surface area contributed by atoms with Gasteiger partial charge in [-0.3, -0.25) is 4.31 Å². The van der Waals surface area contributed by atoms with Crippen LogP contribution in [0.3, 0.4) is 0 Å². The van der Waals surface area contributed by atoms with Crippen LogP contribution in [0.2, 0.25) is 0 Å². The molecule has 2 N–H and O–H groups in total. The number of hydrogen-bond donors (Lipinski definition) is 2. The van der Waals surface area contributed by atoms with Gasteiger partial charge in [0.25, 0.3) is 10.0 Å². The fraction of sp³-hybridized carbons (Fsp3) is 0.538. The maximum absolute atomic E-state index is 13.8. The number of sulfonamides is 1. The lowest BCUT2D eigenvalue weighted by Gasteiger charge is -2.34. The number of anilines is 2. The lowest BCUT2D eigenvalue weighted by molar-refractivity contribution is 0.0300. The number of hydrogen-bond acceptors (Lipinski definition) is 6. The Morgan fingerprint density at radius 3 is 2.26 bits per heavy atom. The Hall–Kier alpha value is -2.10. The van der Waals surface area contributed by atoms with Gasteiger partial charge in [0.2, 0.25) is 0 Å². The third kappa shape index (κ3) is 6.77. The Bertz CT molecular complexity index is 1220. The van der Waals surface area contributed by atoms with Crippen molar-refractivity contribution in [1.82, 2.24) is 0 Å². The number of nitrogens with zero attached hydrogens (tertiary/aromatic N) is 1. The highest BCUT2D eigenvalue weighted by Gasteiger charge is 2.30. The zero-order valence-corrected chi connectivity index (χ0v) is 23.1. The number of nitrogens with one attached hydrogen (secondary N) is 2. The van der Waals surface area contributed by atoms with Gasteiger partial charge in [0, 0.05) is 32.6 Å². The second-order valence-electron chi connectivity index (χ2n) is 10.2. The fourth-order valence-corrected chi connectivity index (χ4v) is 6.82. The zero-order chi connectivity index (χ0) is 25.9. The van der Waals surface area contributed by atoms with E-state index in [0.717, 1.165) is 24.8 Å². The summed E-state index contributed by atoms with van der Waals surface area (Å²) in [5.41, 5.74) is 2.29. The van der Waals surface area contributed by atoms with Crippen molar-refractivity contribution in [2.45, 2.75) is 56.7 Å². The average Bonchev–Trinajstić information content (AvgIpc) is 2.81. The van der Waals surface area contributed by atoms with E-state index >= 15 is 0 Å². The summed E-state index contributed by atoms with van der Waals surface area (Å²) >= 11 is 0. The molecule has 2 aromatic carbocycles. The summed E-state index contributed by atoms with van der Waals surface area (Å²) in [4.78, 5) is 0.248. The van der Waals surface area contributed by atoms with Gasteiger partial charge < -0.3 is 10.1 Å². The van der Waals surface area contributed by atoms with Crippen LogP contribution in [-0.2, 0) is 30.9 Å². The fourth-order valence-electron chi connectivity index (χ4n) is 4.18. The lowest BCUT2D eigenvalue weighted by Crippen LogP contribution is -2.34. The molecule has 1 heterocycles. The van der Waals surface area contributed by atoms with Gasteiger partial charge in [0.05, 0.1) is 30.9 Å². The first-order chi connectivity index (χ1) is 16.4. The third-order valence-corrected chi connectivity index (χ3v) is 9.50. The van der Waals surface area contributed by atoms with Crippen LogP contribution in [0, 0.1) is 16.1 Å². The normalized spacial score (nSPS) is 17.7. The molecule has 1 atom stereocenters. The second-order valence-corrected chi connectivity index (χ2v) is 14.2. The highest BCUT2D eigenvalue weighted by Crippen LogP contribution is 2.33. The van der Waals surface area contributed by atoms with Crippen LogP contribution in [0.25, 0.3) is 0 Å². The van der Waals surface area contributed by atoms with Gasteiger partial charge >= 0.3 is 0 Å². The van der Waals surface area contributed by atoms with Crippen molar-refractivity contribution in [3.8, 4) is 0 Å². The first-order valence-corrected chi connectivity index (χ1v) is 15.6. The van der Waals surface area contributed by atoms with E-state index < -0.39 is 19.8 Å². The van der Waals surface area contributed by atoms with E-state index in [1.165, 1.54) is 16.6 Å². The highest BCUT2D eigenvalue weighted by molar-refractivity contribution is 7.93. The molecule has 1 saturated heterocycles. The monoisotopic (exact) mass is 521 g/mol. The van der Waals surface area contributed by atoms with Crippen LogP contribution in [0.4, 0.5) is 11.4 Å². The van der Waals surface area contributed by atoms with Crippen molar-refractivity contribution in [2.24, 2.45) is 11.3 Å². The van der Waals surface area contributed by atoms with Crippen LogP contribution < -0.4 is 9.62 Å². The molecule has 2 aromatic rings. The van der Waals surface area contributed by atoms with Gasteiger partial charge in [-0.05, 0) is 66.5 Å². The summed E-state index contributed by atoms with van der Waals surface area (Å²) in [6.07, 6.45) is 4.02. The van der Waals surface area contributed by atoms with E-state index in [9.17, 15) is 12.6 Å². The summed E-state index contributed by atoms with van der Waals surface area (Å²) in [5, 5.41) is 3.35. The molecule has 0 radical (unpaired) electrons. The molecule has 1 aliphatic heterocycles. The van der Waals surface area contributed by atoms with Gasteiger partial charge in [-0.1, -0.05) is 39.8 Å². The Kier molecular flexibility index (Phi) is 8.55. The largest absolute Gasteiger partial charge is 0.383 e. The van der Waals surface area contributed by atoms with Crippen molar-refractivity contribution in [3.05, 3.63) is 48.0 Å². The molecule has 0 aliphatic carbocycles. The molecular formula is C26H39N3O4S2. The van der Waals surface area contributed by atoms with E-state index in [-0.39, 0.29) is 21.1 Å². The molecule has 0 spiro atoms. The van der Waals surface area contributed by atoms with Gasteiger partial charge in [-0.25, -0.2) is 17.4 Å². The first kappa shape index (κ1) is 27.5. The topological polar surface area (TPSA) is 99.6 Å². The first-order valence-electron chi connectivity index (χ1n) is 12.2. The summed E-state index contributed by atoms with van der Waals surface area (Å²) in [5.74, 6) is 0.0998. The Balaban J connectivity index is 1.99. The second kappa shape index (κ2) is 10.9. The van der Waals surface area contributed by atoms with Crippen LogP contribution in [-0.4, -0.2) is 45.2 Å². The van der Waals surface area contributed by atoms with Crippen molar-refractivity contribution < 1.29 is 17.4 Å². The minimum Gasteiger partial charge on any atom is -0.383 e.